The van der Waals surface area contributed by atoms with Gasteiger partial charge in [-0.3, -0.25) is 0 Å². The Labute approximate surface area is 119 Å². The zero-order valence-electron chi connectivity index (χ0n) is 11.6. The third-order valence-electron chi connectivity index (χ3n) is 5.28. The van der Waals surface area contributed by atoms with Crippen LogP contribution in [0.4, 0.5) is 0 Å². The fraction of sp³-hybridized carbons (Fsp3) is 0.444. The third-order valence-corrected chi connectivity index (χ3v) is 5.28. The van der Waals surface area contributed by atoms with Gasteiger partial charge < -0.3 is 9.84 Å². The van der Waals surface area contributed by atoms with Crippen molar-refractivity contribution in [3.63, 3.8) is 0 Å². The highest BCUT2D eigenvalue weighted by atomic mass is 16.5. The second kappa shape index (κ2) is 4.49. The number of aliphatic hydroxyl groups is 1. The molecule has 2 saturated carbocycles. The molecule has 0 radical (unpaired) electrons. The summed E-state index contributed by atoms with van der Waals surface area (Å²) in [5.41, 5.74) is 0.0473. The molecule has 0 bridgehead atoms. The molecule has 1 N–H and O–H groups in total. The molecule has 2 unspecified atom stereocenters. The summed E-state index contributed by atoms with van der Waals surface area (Å²) in [6.07, 6.45) is 5.52. The van der Waals surface area contributed by atoms with E-state index in [2.05, 4.69) is 42.5 Å². The quantitative estimate of drug-likeness (QED) is 0.894. The molecule has 4 rings (SSSR count). The number of aliphatic hydroxyl groups excluding tert-OH is 1. The van der Waals surface area contributed by atoms with Crippen LogP contribution in [0.25, 0.3) is 10.8 Å². The molecule has 2 fully saturated rings. The fourth-order valence-electron chi connectivity index (χ4n) is 3.99. The van der Waals surface area contributed by atoms with E-state index >= 15 is 0 Å². The number of fused-ring (bicyclic) bond motifs is 1. The average molecular weight is 268 g/mol. The molecule has 1 spiro atoms. The van der Waals surface area contributed by atoms with E-state index in [-0.39, 0.29) is 17.6 Å². The molecule has 2 aliphatic rings. The zero-order chi connectivity index (χ0) is 13.6. The van der Waals surface area contributed by atoms with Gasteiger partial charge in [0, 0.05) is 11.8 Å². The maximum Gasteiger partial charge on any atom is 0.120 e. The molecule has 2 nitrogen and oxygen atoms in total. The Morgan fingerprint density at radius 2 is 1.75 bits per heavy atom. The van der Waals surface area contributed by atoms with Gasteiger partial charge in [-0.05, 0) is 35.7 Å². The largest absolute Gasteiger partial charge is 0.490 e. The van der Waals surface area contributed by atoms with Crippen LogP contribution in [0.2, 0.25) is 0 Å². The Balaban J connectivity index is 1.58. The number of benzene rings is 2. The minimum Gasteiger partial charge on any atom is -0.490 e. The van der Waals surface area contributed by atoms with Crippen LogP contribution < -0.4 is 4.74 Å². The summed E-state index contributed by atoms with van der Waals surface area (Å²) in [6, 6.07) is 14.6. The van der Waals surface area contributed by atoms with Crippen LogP contribution in [0.3, 0.4) is 0 Å². The van der Waals surface area contributed by atoms with Gasteiger partial charge in [-0.15, -0.1) is 0 Å². The highest BCUT2D eigenvalue weighted by molar-refractivity contribution is 5.83. The first kappa shape index (κ1) is 12.2. The van der Waals surface area contributed by atoms with Crippen molar-refractivity contribution in [3.8, 4) is 5.75 Å². The topological polar surface area (TPSA) is 29.5 Å². The predicted octanol–water partition coefficient (Wildman–Crippen LogP) is 3.91. The first-order chi connectivity index (χ1) is 9.78. The Hall–Kier alpha value is -1.54. The molecule has 2 aliphatic carbocycles. The monoisotopic (exact) mass is 268 g/mol. The maximum absolute atomic E-state index is 10.1. The summed E-state index contributed by atoms with van der Waals surface area (Å²) >= 11 is 0. The van der Waals surface area contributed by atoms with Crippen molar-refractivity contribution in [1.29, 1.82) is 0 Å². The lowest BCUT2D eigenvalue weighted by Crippen LogP contribution is -2.58. The lowest BCUT2D eigenvalue weighted by atomic mass is 9.62. The molecule has 0 aliphatic heterocycles. The van der Waals surface area contributed by atoms with Crippen LogP contribution in [0.5, 0.6) is 5.75 Å². The van der Waals surface area contributed by atoms with Crippen LogP contribution >= 0.6 is 0 Å². The zero-order valence-corrected chi connectivity index (χ0v) is 11.6. The van der Waals surface area contributed by atoms with E-state index in [1.807, 2.05) is 0 Å². The molecule has 2 atom stereocenters. The molecule has 0 amide bonds. The van der Waals surface area contributed by atoms with Crippen LogP contribution in [0, 0.1) is 5.41 Å². The number of ether oxygens (including phenoxy) is 1. The van der Waals surface area contributed by atoms with Gasteiger partial charge in [-0.2, -0.15) is 0 Å². The minimum atomic E-state index is -0.157. The van der Waals surface area contributed by atoms with Gasteiger partial charge in [0.1, 0.15) is 11.9 Å². The van der Waals surface area contributed by atoms with Crippen molar-refractivity contribution in [2.45, 2.75) is 44.3 Å². The maximum atomic E-state index is 10.1. The smallest absolute Gasteiger partial charge is 0.120 e. The standard InChI is InChI=1S/C18H20O2/c19-16-12-17(18(16)9-3-4-10-18)20-15-8-7-13-5-1-2-6-14(13)11-15/h1-2,5-8,11,16-17,19H,3-4,9-10,12H2. The minimum absolute atomic E-state index is 0.0473. The summed E-state index contributed by atoms with van der Waals surface area (Å²) in [7, 11) is 0. The van der Waals surface area contributed by atoms with Gasteiger partial charge in [-0.1, -0.05) is 43.2 Å². The molecule has 2 aromatic carbocycles. The number of rotatable bonds is 2. The van der Waals surface area contributed by atoms with Crippen molar-refractivity contribution in [1.82, 2.24) is 0 Å². The number of hydrogen-bond donors (Lipinski definition) is 1. The van der Waals surface area contributed by atoms with E-state index in [0.29, 0.717) is 0 Å². The van der Waals surface area contributed by atoms with Crippen molar-refractivity contribution >= 4 is 10.8 Å². The third kappa shape index (κ3) is 1.75. The molecule has 104 valence electrons. The predicted molar refractivity (Wildman–Crippen MR) is 79.9 cm³/mol. The Bertz CT molecular complexity index is 628. The van der Waals surface area contributed by atoms with E-state index in [9.17, 15) is 5.11 Å². The summed E-state index contributed by atoms with van der Waals surface area (Å²) in [4.78, 5) is 0. The van der Waals surface area contributed by atoms with E-state index in [1.165, 1.54) is 23.6 Å². The van der Waals surface area contributed by atoms with Crippen LogP contribution in [0.15, 0.2) is 42.5 Å². The molecule has 0 aromatic heterocycles. The van der Waals surface area contributed by atoms with Crippen molar-refractivity contribution in [3.05, 3.63) is 42.5 Å². The number of hydrogen-bond acceptors (Lipinski definition) is 2. The summed E-state index contributed by atoms with van der Waals surface area (Å²) in [5.74, 6) is 0.937. The van der Waals surface area contributed by atoms with Gasteiger partial charge in [0.25, 0.3) is 0 Å². The lowest BCUT2D eigenvalue weighted by molar-refractivity contribution is -0.151. The van der Waals surface area contributed by atoms with Crippen LogP contribution in [-0.2, 0) is 0 Å². The average Bonchev–Trinajstić information content (AvgIpc) is 2.99. The summed E-state index contributed by atoms with van der Waals surface area (Å²) < 4.78 is 6.21. The van der Waals surface area contributed by atoms with E-state index in [0.717, 1.165) is 25.0 Å². The fourth-order valence-corrected chi connectivity index (χ4v) is 3.99. The van der Waals surface area contributed by atoms with Crippen LogP contribution in [-0.4, -0.2) is 17.3 Å². The molecule has 0 heterocycles. The van der Waals surface area contributed by atoms with E-state index in [1.54, 1.807) is 0 Å². The molecule has 2 aromatic rings. The highest BCUT2D eigenvalue weighted by Crippen LogP contribution is 2.54. The van der Waals surface area contributed by atoms with E-state index < -0.39 is 0 Å². The normalized spacial score (nSPS) is 27.6. The second-order valence-electron chi connectivity index (χ2n) is 6.31. The van der Waals surface area contributed by atoms with Crippen molar-refractivity contribution in [2.24, 2.45) is 5.41 Å². The Kier molecular flexibility index (Phi) is 2.74. The van der Waals surface area contributed by atoms with Gasteiger partial charge in [0.2, 0.25) is 0 Å². The molecule has 20 heavy (non-hydrogen) atoms. The summed E-state index contributed by atoms with van der Waals surface area (Å²) in [6.45, 7) is 0. The Morgan fingerprint density at radius 3 is 2.50 bits per heavy atom. The van der Waals surface area contributed by atoms with Gasteiger partial charge in [0.05, 0.1) is 6.10 Å². The van der Waals surface area contributed by atoms with Crippen molar-refractivity contribution < 1.29 is 9.84 Å². The van der Waals surface area contributed by atoms with Crippen molar-refractivity contribution in [2.75, 3.05) is 0 Å². The highest BCUT2D eigenvalue weighted by Gasteiger charge is 2.57. The molecular formula is C18H20O2. The first-order valence-electron chi connectivity index (χ1n) is 7.61. The van der Waals surface area contributed by atoms with Gasteiger partial charge >= 0.3 is 0 Å². The second-order valence-corrected chi connectivity index (χ2v) is 6.31. The molecule has 0 saturated heterocycles. The van der Waals surface area contributed by atoms with Gasteiger partial charge in [0.15, 0.2) is 0 Å². The lowest BCUT2D eigenvalue weighted by Gasteiger charge is -2.51. The summed E-state index contributed by atoms with van der Waals surface area (Å²) in [5, 5.41) is 12.6. The SMILES string of the molecule is OC1CC(Oc2ccc3ccccc3c2)C12CCCC2. The first-order valence-corrected chi connectivity index (χ1v) is 7.61. The molecular weight excluding hydrogens is 248 g/mol. The Morgan fingerprint density at radius 1 is 1.00 bits per heavy atom. The van der Waals surface area contributed by atoms with Crippen LogP contribution in [0.1, 0.15) is 32.1 Å². The van der Waals surface area contributed by atoms with E-state index in [4.69, 9.17) is 4.74 Å². The molecule has 2 heteroatoms. The van der Waals surface area contributed by atoms with Gasteiger partial charge in [-0.25, -0.2) is 0 Å².